The Bertz CT molecular complexity index is 2730. The number of fused-ring (bicyclic) bond motifs is 2. The average Bonchev–Trinajstić information content (AvgIpc) is 3.30. The summed E-state index contributed by atoms with van der Waals surface area (Å²) in [5.74, 6) is 2.32. The fourth-order valence-electron chi connectivity index (χ4n) is 7.21. The molecule has 352 valence electrons. The second-order valence-electron chi connectivity index (χ2n) is 15.6. The minimum atomic E-state index is -3.47. The van der Waals surface area contributed by atoms with Gasteiger partial charge in [0.2, 0.25) is 0 Å². The molecule has 66 heavy (non-hydrogen) atoms. The first kappa shape index (κ1) is 48.5. The van der Waals surface area contributed by atoms with Gasteiger partial charge >= 0.3 is 0 Å². The molecule has 0 spiro atoms. The van der Waals surface area contributed by atoms with Gasteiger partial charge in [-0.25, -0.2) is 28.7 Å². The number of nitrogens with one attached hydrogen (secondary N) is 3. The van der Waals surface area contributed by atoms with Crippen LogP contribution in [0.1, 0.15) is 38.5 Å². The molecule has 8 rings (SSSR count). The maximum Gasteiger partial charge on any atom is 0.279 e. The molecule has 1 saturated carbocycles. The molecule has 2 fully saturated rings. The van der Waals surface area contributed by atoms with Crippen molar-refractivity contribution < 1.29 is 45.6 Å². The Hall–Kier alpha value is -5.41. The van der Waals surface area contributed by atoms with E-state index in [1.807, 2.05) is 18.2 Å². The Kier molecular flexibility index (Phi) is 16.5. The maximum absolute atomic E-state index is 13.5. The van der Waals surface area contributed by atoms with Gasteiger partial charge in [-0.2, -0.15) is 17.4 Å². The van der Waals surface area contributed by atoms with Crippen molar-refractivity contribution in [2.45, 2.75) is 56.8 Å². The first-order valence-corrected chi connectivity index (χ1v) is 23.3. The predicted octanol–water partition coefficient (Wildman–Crippen LogP) is 9.01. The summed E-state index contributed by atoms with van der Waals surface area (Å²) in [7, 11) is 2.71. The molecule has 6 aromatic rings. The SMILES string of the molecule is COCCOc1cc2ncnc(Nc3ccc(F)c(Cl)c3)c2cc1OC1CCOCC1.COc1cc2ncnc(Nc3ccc(F)c(Cl)c3)c2cc1O[C@H]1CC[C@H](NS(=O)(=O)N(C)C)CC1. The van der Waals surface area contributed by atoms with Crippen LogP contribution in [0, 0.1) is 11.6 Å². The molecule has 0 atom stereocenters. The molecule has 2 aliphatic rings. The Morgan fingerprint density at radius 2 is 1.20 bits per heavy atom. The lowest BCUT2D eigenvalue weighted by molar-refractivity contribution is 0.0240. The first-order chi connectivity index (χ1) is 31.8. The number of halogens is 4. The van der Waals surface area contributed by atoms with Gasteiger partial charge in [0.25, 0.3) is 10.2 Å². The van der Waals surface area contributed by atoms with Gasteiger partial charge in [-0.15, -0.1) is 0 Å². The molecule has 0 bridgehead atoms. The standard InChI is InChI=1S/C23H27ClFN5O4S.C22H23ClFN3O4/c1-30(2)35(31,32)29-14-4-7-16(8-5-14)34-22-11-17-20(12-21(22)33-3)26-13-27-23(17)28-15-6-9-19(25)18(24)10-15;1-28-8-9-30-20-12-19-16(11-21(20)31-15-4-6-29-7-5-15)22(26-13-25-19)27-14-2-3-18(24)17(23)10-14/h6,9-14,16,29H,4-5,7-8H2,1-3H3,(H,26,27,28);2-3,10-13,15H,4-9H2,1H3,(H,25,26,27)/t14-,16-;. The number of nitrogens with zero attached hydrogens (tertiary/aromatic N) is 5. The molecular weight excluding hydrogens is 922 g/mol. The normalized spacial score (nSPS) is 16.7. The number of methoxy groups -OCH3 is 2. The van der Waals surface area contributed by atoms with Crippen LogP contribution in [0.5, 0.6) is 23.0 Å². The molecule has 0 amide bonds. The largest absolute Gasteiger partial charge is 0.493 e. The molecule has 1 saturated heterocycles. The molecule has 3 heterocycles. The van der Waals surface area contributed by atoms with Gasteiger partial charge in [0.1, 0.15) is 48.6 Å². The molecule has 0 unspecified atom stereocenters. The van der Waals surface area contributed by atoms with E-state index >= 15 is 0 Å². The van der Waals surface area contributed by atoms with E-state index in [9.17, 15) is 17.2 Å². The highest BCUT2D eigenvalue weighted by atomic mass is 35.5. The van der Waals surface area contributed by atoms with E-state index in [1.165, 1.54) is 55.3 Å². The van der Waals surface area contributed by atoms with Crippen LogP contribution in [0.3, 0.4) is 0 Å². The molecule has 21 heteroatoms. The lowest BCUT2D eigenvalue weighted by Crippen LogP contribution is -2.44. The van der Waals surface area contributed by atoms with Crippen molar-refractivity contribution in [3.05, 3.63) is 95.0 Å². The second-order valence-corrected chi connectivity index (χ2v) is 18.3. The van der Waals surface area contributed by atoms with Crippen molar-refractivity contribution in [2.75, 3.05) is 65.4 Å². The summed E-state index contributed by atoms with van der Waals surface area (Å²) in [6.45, 7) is 2.17. The summed E-state index contributed by atoms with van der Waals surface area (Å²) in [5, 5.41) is 7.79. The Labute approximate surface area is 391 Å². The van der Waals surface area contributed by atoms with Gasteiger partial charge in [0.05, 0.1) is 54.1 Å². The number of anilines is 4. The van der Waals surface area contributed by atoms with Gasteiger partial charge in [0, 0.05) is 74.4 Å². The van der Waals surface area contributed by atoms with Crippen LogP contribution in [-0.4, -0.2) is 106 Å². The van der Waals surface area contributed by atoms with Crippen LogP contribution in [0.2, 0.25) is 10.0 Å². The van der Waals surface area contributed by atoms with Crippen molar-refractivity contribution in [3.63, 3.8) is 0 Å². The predicted molar refractivity (Wildman–Crippen MR) is 249 cm³/mol. The number of ether oxygens (including phenoxy) is 6. The zero-order valence-corrected chi connectivity index (χ0v) is 39.0. The van der Waals surface area contributed by atoms with Crippen molar-refractivity contribution in [1.82, 2.24) is 29.0 Å². The zero-order valence-electron chi connectivity index (χ0n) is 36.7. The number of aromatic nitrogens is 4. The fourth-order valence-corrected chi connectivity index (χ4v) is 8.44. The highest BCUT2D eigenvalue weighted by Crippen LogP contribution is 2.39. The monoisotopic (exact) mass is 970 g/mol. The number of benzene rings is 4. The third-order valence-electron chi connectivity index (χ3n) is 10.8. The molecule has 2 aromatic heterocycles. The number of hydrogen-bond acceptors (Lipinski definition) is 14. The highest BCUT2D eigenvalue weighted by Gasteiger charge is 2.28. The zero-order chi connectivity index (χ0) is 46.8. The van der Waals surface area contributed by atoms with Crippen LogP contribution >= 0.6 is 23.2 Å². The van der Waals surface area contributed by atoms with Gasteiger partial charge in [-0.05, 0) is 74.2 Å². The van der Waals surface area contributed by atoms with Gasteiger partial charge < -0.3 is 39.1 Å². The van der Waals surface area contributed by atoms with Crippen LogP contribution in [0.4, 0.5) is 31.8 Å². The van der Waals surface area contributed by atoms with Crippen molar-refractivity contribution in [2.24, 2.45) is 0 Å². The molecule has 0 radical (unpaired) electrons. The Morgan fingerprint density at radius 1 is 0.682 bits per heavy atom. The van der Waals surface area contributed by atoms with Gasteiger partial charge in [-0.1, -0.05) is 23.2 Å². The van der Waals surface area contributed by atoms with E-state index in [-0.39, 0.29) is 28.3 Å². The van der Waals surface area contributed by atoms with E-state index in [0.29, 0.717) is 115 Å². The molecule has 4 aromatic carbocycles. The highest BCUT2D eigenvalue weighted by molar-refractivity contribution is 7.87. The van der Waals surface area contributed by atoms with E-state index in [4.69, 9.17) is 51.6 Å². The molecule has 16 nitrogen and oxygen atoms in total. The molecule has 1 aliphatic heterocycles. The van der Waals surface area contributed by atoms with E-state index < -0.39 is 21.8 Å². The van der Waals surface area contributed by atoms with E-state index in [2.05, 4.69) is 35.3 Å². The minimum absolute atomic E-state index is 0.00234. The summed E-state index contributed by atoms with van der Waals surface area (Å²) in [6, 6.07) is 15.9. The van der Waals surface area contributed by atoms with E-state index in [0.717, 1.165) is 18.2 Å². The van der Waals surface area contributed by atoms with Crippen molar-refractivity contribution in [3.8, 4) is 23.0 Å². The lowest BCUT2D eigenvalue weighted by Gasteiger charge is -2.30. The minimum Gasteiger partial charge on any atom is -0.493 e. The van der Waals surface area contributed by atoms with Crippen LogP contribution in [-0.2, 0) is 19.7 Å². The smallest absolute Gasteiger partial charge is 0.279 e. The third kappa shape index (κ3) is 12.5. The maximum atomic E-state index is 13.5. The fraction of sp³-hybridized carbons (Fsp3) is 0.378. The second kappa shape index (κ2) is 22.4. The van der Waals surface area contributed by atoms with Crippen LogP contribution in [0.25, 0.3) is 21.8 Å². The molecular formula is C45H50Cl2F2N8O8S. The van der Waals surface area contributed by atoms with Gasteiger partial charge in [0.15, 0.2) is 23.0 Å². The summed E-state index contributed by atoms with van der Waals surface area (Å²) >= 11 is 11.8. The van der Waals surface area contributed by atoms with Crippen molar-refractivity contribution >= 4 is 78.2 Å². The molecule has 3 N–H and O–H groups in total. The van der Waals surface area contributed by atoms with Gasteiger partial charge in [-0.3, -0.25) is 0 Å². The van der Waals surface area contributed by atoms with Crippen molar-refractivity contribution in [1.29, 1.82) is 0 Å². The third-order valence-corrected chi connectivity index (χ3v) is 12.9. The summed E-state index contributed by atoms with van der Waals surface area (Å²) in [6.07, 6.45) is 7.12. The summed E-state index contributed by atoms with van der Waals surface area (Å²) < 4.78 is 89.6. The Balaban J connectivity index is 0.000000198. The summed E-state index contributed by atoms with van der Waals surface area (Å²) in [5.41, 5.74) is 2.51. The quantitative estimate of drug-likeness (QED) is 0.0782. The first-order valence-electron chi connectivity index (χ1n) is 21.1. The van der Waals surface area contributed by atoms with Crippen LogP contribution in [0.15, 0.2) is 73.3 Å². The molecule has 1 aliphatic carbocycles. The number of hydrogen-bond donors (Lipinski definition) is 3. The number of rotatable bonds is 16. The average molecular weight is 972 g/mol. The lowest BCUT2D eigenvalue weighted by atomic mass is 9.93. The summed E-state index contributed by atoms with van der Waals surface area (Å²) in [4.78, 5) is 17.4. The van der Waals surface area contributed by atoms with E-state index in [1.54, 1.807) is 32.4 Å². The topological polar surface area (TPSA) is 180 Å². The van der Waals surface area contributed by atoms with Crippen LogP contribution < -0.4 is 34.3 Å². The Morgan fingerprint density at radius 3 is 1.70 bits per heavy atom.